The fourth-order valence-electron chi connectivity index (χ4n) is 3.38. The maximum Gasteiger partial charge on any atom is 0.0249 e. The van der Waals surface area contributed by atoms with Gasteiger partial charge in [-0.05, 0) is 65.8 Å². The van der Waals surface area contributed by atoms with Crippen LogP contribution in [0.1, 0.15) is 61.8 Å². The molecule has 0 N–H and O–H groups in total. The van der Waals surface area contributed by atoms with Crippen LogP contribution < -0.4 is 0 Å². The predicted molar refractivity (Wildman–Crippen MR) is 122 cm³/mol. The fourth-order valence-corrected chi connectivity index (χ4v) is 3.38. The van der Waals surface area contributed by atoms with Crippen molar-refractivity contribution in [1.82, 2.24) is 0 Å². The van der Waals surface area contributed by atoms with Crippen molar-refractivity contribution >= 4 is 0 Å². The molecule has 0 saturated carbocycles. The SMILES string of the molecule is CCCCCc1ccc(-c2ccc(C#Cc3ccc(CCC)cc3)cc2)cc1. The molecule has 0 aliphatic heterocycles. The second kappa shape index (κ2) is 10.5. The molecule has 0 heterocycles. The Hall–Kier alpha value is -2.78. The third-order valence-electron chi connectivity index (χ3n) is 5.08. The van der Waals surface area contributed by atoms with Gasteiger partial charge in [0.05, 0.1) is 0 Å². The van der Waals surface area contributed by atoms with E-state index >= 15 is 0 Å². The standard InChI is InChI=1S/C28H30/c1-3-5-6-8-24-15-19-27(20-16-24)28-21-17-26(18-22-28)14-13-25-11-9-23(7-4-2)10-12-25/h9-12,15-22H,3-8H2,1-2H3. The first-order valence-corrected chi connectivity index (χ1v) is 10.6. The van der Waals surface area contributed by atoms with E-state index in [-0.39, 0.29) is 0 Å². The lowest BCUT2D eigenvalue weighted by atomic mass is 10.0. The summed E-state index contributed by atoms with van der Waals surface area (Å²) in [6.45, 7) is 4.46. The van der Waals surface area contributed by atoms with Gasteiger partial charge in [-0.25, -0.2) is 0 Å². The zero-order valence-electron chi connectivity index (χ0n) is 17.2. The summed E-state index contributed by atoms with van der Waals surface area (Å²) in [5.41, 5.74) is 7.46. The Morgan fingerprint density at radius 1 is 0.500 bits per heavy atom. The molecule has 0 heteroatoms. The van der Waals surface area contributed by atoms with E-state index in [9.17, 15) is 0 Å². The van der Waals surface area contributed by atoms with Crippen LogP contribution in [0.5, 0.6) is 0 Å². The van der Waals surface area contributed by atoms with Crippen molar-refractivity contribution in [3.05, 3.63) is 95.1 Å². The maximum atomic E-state index is 3.28. The van der Waals surface area contributed by atoms with Crippen molar-refractivity contribution in [3.8, 4) is 23.0 Å². The summed E-state index contributed by atoms with van der Waals surface area (Å²) < 4.78 is 0. The van der Waals surface area contributed by atoms with Crippen molar-refractivity contribution in [1.29, 1.82) is 0 Å². The first-order chi connectivity index (χ1) is 13.8. The predicted octanol–water partition coefficient (Wildman–Crippen LogP) is 7.44. The molecule has 3 aromatic carbocycles. The van der Waals surface area contributed by atoms with Gasteiger partial charge in [0.15, 0.2) is 0 Å². The van der Waals surface area contributed by atoms with Crippen LogP contribution in [0, 0.1) is 11.8 Å². The van der Waals surface area contributed by atoms with Gasteiger partial charge in [-0.2, -0.15) is 0 Å². The number of rotatable bonds is 7. The molecule has 0 aliphatic rings. The molecule has 0 radical (unpaired) electrons. The van der Waals surface area contributed by atoms with Gasteiger partial charge in [-0.3, -0.25) is 0 Å². The summed E-state index contributed by atoms with van der Waals surface area (Å²) in [4.78, 5) is 0. The molecule has 0 unspecified atom stereocenters. The number of unbranched alkanes of at least 4 members (excludes halogenated alkanes) is 2. The number of aryl methyl sites for hydroxylation is 2. The third kappa shape index (κ3) is 5.86. The Labute approximate surface area is 170 Å². The highest BCUT2D eigenvalue weighted by molar-refractivity contribution is 5.64. The van der Waals surface area contributed by atoms with Crippen LogP contribution in [0.3, 0.4) is 0 Å². The third-order valence-corrected chi connectivity index (χ3v) is 5.08. The Bertz CT molecular complexity index is 901. The number of hydrogen-bond acceptors (Lipinski definition) is 0. The van der Waals surface area contributed by atoms with Gasteiger partial charge >= 0.3 is 0 Å². The smallest absolute Gasteiger partial charge is 0.0249 e. The van der Waals surface area contributed by atoms with E-state index in [1.165, 1.54) is 54.4 Å². The highest BCUT2D eigenvalue weighted by Crippen LogP contribution is 2.21. The van der Waals surface area contributed by atoms with Gasteiger partial charge in [-0.15, -0.1) is 0 Å². The zero-order chi connectivity index (χ0) is 19.6. The van der Waals surface area contributed by atoms with Gasteiger partial charge in [0.2, 0.25) is 0 Å². The topological polar surface area (TPSA) is 0 Å². The Morgan fingerprint density at radius 3 is 1.50 bits per heavy atom. The minimum atomic E-state index is 1.05. The summed E-state index contributed by atoms with van der Waals surface area (Å²) in [7, 11) is 0. The normalized spacial score (nSPS) is 10.4. The first kappa shape index (κ1) is 20.0. The van der Waals surface area contributed by atoms with Gasteiger partial charge in [0, 0.05) is 11.1 Å². The molecule has 142 valence electrons. The molecule has 3 aromatic rings. The second-order valence-electron chi connectivity index (χ2n) is 7.43. The molecule has 0 aliphatic carbocycles. The monoisotopic (exact) mass is 366 g/mol. The van der Waals surface area contributed by atoms with Crippen molar-refractivity contribution in [3.63, 3.8) is 0 Å². The number of benzene rings is 3. The van der Waals surface area contributed by atoms with E-state index in [0.29, 0.717) is 0 Å². The quantitative estimate of drug-likeness (QED) is 0.301. The molecule has 0 atom stereocenters. The van der Waals surface area contributed by atoms with Crippen LogP contribution in [0.15, 0.2) is 72.8 Å². The Morgan fingerprint density at radius 2 is 0.964 bits per heavy atom. The van der Waals surface area contributed by atoms with E-state index < -0.39 is 0 Å². The fraction of sp³-hybridized carbons (Fsp3) is 0.286. The largest absolute Gasteiger partial charge is 0.0654 e. The summed E-state index contributed by atoms with van der Waals surface area (Å²) in [5, 5.41) is 0. The van der Waals surface area contributed by atoms with E-state index in [4.69, 9.17) is 0 Å². The lowest BCUT2D eigenvalue weighted by Gasteiger charge is -2.05. The highest BCUT2D eigenvalue weighted by atomic mass is 14.0. The Balaban J connectivity index is 1.63. The molecule has 0 spiro atoms. The average Bonchev–Trinajstić information content (AvgIpc) is 2.75. The lowest BCUT2D eigenvalue weighted by Crippen LogP contribution is -1.86. The van der Waals surface area contributed by atoms with Crippen LogP contribution >= 0.6 is 0 Å². The van der Waals surface area contributed by atoms with Crippen LogP contribution in [-0.4, -0.2) is 0 Å². The Kier molecular flexibility index (Phi) is 7.51. The van der Waals surface area contributed by atoms with Gasteiger partial charge in [-0.1, -0.05) is 93.5 Å². The summed E-state index contributed by atoms with van der Waals surface area (Å²) in [6, 6.07) is 26.2. The van der Waals surface area contributed by atoms with Gasteiger partial charge in [0.25, 0.3) is 0 Å². The number of hydrogen-bond donors (Lipinski definition) is 0. The van der Waals surface area contributed by atoms with E-state index in [1.807, 2.05) is 0 Å². The summed E-state index contributed by atoms with van der Waals surface area (Å²) >= 11 is 0. The maximum absolute atomic E-state index is 3.28. The molecular formula is C28H30. The molecule has 3 rings (SSSR count). The van der Waals surface area contributed by atoms with Crippen molar-refractivity contribution in [2.24, 2.45) is 0 Å². The van der Waals surface area contributed by atoms with Crippen LogP contribution in [0.4, 0.5) is 0 Å². The molecular weight excluding hydrogens is 336 g/mol. The second-order valence-corrected chi connectivity index (χ2v) is 7.43. The molecule has 0 amide bonds. The molecule has 0 saturated heterocycles. The van der Waals surface area contributed by atoms with Gasteiger partial charge in [0.1, 0.15) is 0 Å². The summed E-state index contributed by atoms with van der Waals surface area (Å²) in [5.74, 6) is 6.55. The molecule has 0 aromatic heterocycles. The minimum absolute atomic E-state index is 1.05. The average molecular weight is 367 g/mol. The van der Waals surface area contributed by atoms with Crippen molar-refractivity contribution in [2.45, 2.75) is 52.4 Å². The van der Waals surface area contributed by atoms with E-state index in [0.717, 1.165) is 17.5 Å². The molecule has 28 heavy (non-hydrogen) atoms. The van der Waals surface area contributed by atoms with Crippen LogP contribution in [-0.2, 0) is 12.8 Å². The molecule has 0 fully saturated rings. The molecule has 0 nitrogen and oxygen atoms in total. The van der Waals surface area contributed by atoms with Crippen molar-refractivity contribution in [2.75, 3.05) is 0 Å². The van der Waals surface area contributed by atoms with Crippen LogP contribution in [0.2, 0.25) is 0 Å². The van der Waals surface area contributed by atoms with Crippen LogP contribution in [0.25, 0.3) is 11.1 Å². The lowest BCUT2D eigenvalue weighted by molar-refractivity contribution is 0.717. The van der Waals surface area contributed by atoms with Crippen molar-refractivity contribution < 1.29 is 0 Å². The van der Waals surface area contributed by atoms with E-state index in [2.05, 4.69) is 98.5 Å². The summed E-state index contributed by atoms with van der Waals surface area (Å²) in [6.07, 6.45) is 7.37. The zero-order valence-corrected chi connectivity index (χ0v) is 17.2. The highest BCUT2D eigenvalue weighted by Gasteiger charge is 1.99. The van der Waals surface area contributed by atoms with E-state index in [1.54, 1.807) is 0 Å². The van der Waals surface area contributed by atoms with Gasteiger partial charge < -0.3 is 0 Å². The minimum Gasteiger partial charge on any atom is -0.0654 e. The first-order valence-electron chi connectivity index (χ1n) is 10.6. The molecule has 0 bridgehead atoms.